The summed E-state index contributed by atoms with van der Waals surface area (Å²) < 4.78 is 7.98. The summed E-state index contributed by atoms with van der Waals surface area (Å²) >= 11 is 12.1. The summed E-state index contributed by atoms with van der Waals surface area (Å²) in [6.07, 6.45) is 0. The number of halogens is 2. The molecule has 1 aromatic heterocycles. The Balaban J connectivity index is 1.48. The third kappa shape index (κ3) is 5.01. The number of rotatable bonds is 7. The Hall–Kier alpha value is -3.02. The number of imidazole rings is 1. The van der Waals surface area contributed by atoms with Crippen LogP contribution in [0.4, 0.5) is 0 Å². The van der Waals surface area contributed by atoms with Crippen LogP contribution < -0.4 is 10.1 Å². The highest BCUT2D eigenvalue weighted by Gasteiger charge is 2.13. The van der Waals surface area contributed by atoms with Crippen LogP contribution in [0.25, 0.3) is 11.0 Å². The minimum absolute atomic E-state index is 0.200. The number of amides is 1. The van der Waals surface area contributed by atoms with Crippen molar-refractivity contribution in [3.63, 3.8) is 0 Å². The second-order valence-corrected chi connectivity index (χ2v) is 7.96. The molecule has 1 amide bonds. The molecule has 0 saturated heterocycles. The summed E-state index contributed by atoms with van der Waals surface area (Å²) in [7, 11) is 0. The van der Waals surface area contributed by atoms with Crippen LogP contribution in [0.2, 0.25) is 10.0 Å². The molecule has 7 heteroatoms. The van der Waals surface area contributed by atoms with Gasteiger partial charge in [-0.3, -0.25) is 4.79 Å². The molecule has 158 valence electrons. The molecule has 3 aromatic carbocycles. The molecule has 31 heavy (non-hydrogen) atoms. The van der Waals surface area contributed by atoms with Crippen LogP contribution in [0.1, 0.15) is 21.7 Å². The van der Waals surface area contributed by atoms with Gasteiger partial charge in [-0.05, 0) is 61.0 Å². The monoisotopic (exact) mass is 453 g/mol. The molecule has 0 aliphatic heterocycles. The lowest BCUT2D eigenvalue weighted by Crippen LogP contribution is -2.25. The Morgan fingerprint density at radius 3 is 2.71 bits per heavy atom. The van der Waals surface area contributed by atoms with Crippen molar-refractivity contribution in [2.45, 2.75) is 20.0 Å². The van der Waals surface area contributed by atoms with Crippen molar-refractivity contribution in [2.75, 3.05) is 6.61 Å². The number of para-hydroxylation sites is 2. The van der Waals surface area contributed by atoms with Gasteiger partial charge < -0.3 is 14.6 Å². The highest BCUT2D eigenvalue weighted by molar-refractivity contribution is 6.31. The third-order valence-electron chi connectivity index (χ3n) is 4.94. The fourth-order valence-corrected chi connectivity index (χ4v) is 3.67. The molecule has 0 fully saturated rings. The Labute approximate surface area is 190 Å². The van der Waals surface area contributed by atoms with Gasteiger partial charge in [0.2, 0.25) is 0 Å². The maximum Gasteiger partial charge on any atom is 0.251 e. The highest BCUT2D eigenvalue weighted by atomic mass is 35.5. The van der Waals surface area contributed by atoms with Gasteiger partial charge >= 0.3 is 0 Å². The maximum absolute atomic E-state index is 12.5. The summed E-state index contributed by atoms with van der Waals surface area (Å²) in [4.78, 5) is 17.2. The molecule has 0 radical (unpaired) electrons. The summed E-state index contributed by atoms with van der Waals surface area (Å²) in [5.74, 6) is 1.32. The first-order valence-electron chi connectivity index (χ1n) is 9.88. The van der Waals surface area contributed by atoms with Gasteiger partial charge in [0.05, 0.1) is 24.1 Å². The normalized spacial score (nSPS) is 10.9. The van der Waals surface area contributed by atoms with Gasteiger partial charge in [0.25, 0.3) is 5.91 Å². The van der Waals surface area contributed by atoms with E-state index in [1.807, 2.05) is 49.4 Å². The molecule has 5 nitrogen and oxygen atoms in total. The molecule has 4 aromatic rings. The molecule has 1 N–H and O–H groups in total. The summed E-state index contributed by atoms with van der Waals surface area (Å²) in [6, 6.07) is 20.3. The number of aromatic nitrogens is 2. The molecule has 0 unspecified atom stereocenters. The smallest absolute Gasteiger partial charge is 0.251 e. The summed E-state index contributed by atoms with van der Waals surface area (Å²) in [6.45, 7) is 3.28. The van der Waals surface area contributed by atoms with Crippen molar-refractivity contribution < 1.29 is 9.53 Å². The minimum atomic E-state index is -0.200. The number of hydrogen-bond acceptors (Lipinski definition) is 3. The van der Waals surface area contributed by atoms with Crippen LogP contribution in [0.5, 0.6) is 5.75 Å². The first-order valence-corrected chi connectivity index (χ1v) is 10.6. The summed E-state index contributed by atoms with van der Waals surface area (Å²) in [5, 5.41) is 4.17. The quantitative estimate of drug-likeness (QED) is 0.392. The summed E-state index contributed by atoms with van der Waals surface area (Å²) in [5.41, 5.74) is 3.34. The highest BCUT2D eigenvalue weighted by Crippen LogP contribution is 2.22. The average Bonchev–Trinajstić information content (AvgIpc) is 3.12. The molecule has 0 saturated carbocycles. The number of nitrogens with zero attached hydrogens (tertiary/aromatic N) is 2. The molecular formula is C24H21Cl2N3O2. The number of carbonyl (C=O) groups excluding carboxylic acids is 1. The first-order chi connectivity index (χ1) is 15.0. The third-order valence-corrected chi connectivity index (χ3v) is 5.60. The van der Waals surface area contributed by atoms with E-state index in [-0.39, 0.29) is 5.91 Å². The van der Waals surface area contributed by atoms with E-state index < -0.39 is 0 Å². The minimum Gasteiger partial charge on any atom is -0.492 e. The van der Waals surface area contributed by atoms with E-state index in [1.165, 1.54) is 0 Å². The zero-order chi connectivity index (χ0) is 21.8. The van der Waals surface area contributed by atoms with E-state index in [4.69, 9.17) is 32.9 Å². The first kappa shape index (κ1) is 21.2. The second-order valence-electron chi connectivity index (χ2n) is 7.12. The number of hydrogen-bond donors (Lipinski definition) is 1. The van der Waals surface area contributed by atoms with E-state index in [9.17, 15) is 4.79 Å². The Morgan fingerprint density at radius 2 is 1.90 bits per heavy atom. The standard InChI is InChI=1S/C24H21Cl2N3O2/c1-16-13-19(9-10-20(16)26)31-12-11-29-22-8-3-2-7-21(22)28-23(29)15-27-24(30)17-5-4-6-18(25)14-17/h2-10,13-14H,11-12,15H2,1H3,(H,27,30). The molecule has 0 aliphatic rings. The predicted molar refractivity (Wildman–Crippen MR) is 124 cm³/mol. The number of carbonyl (C=O) groups is 1. The topological polar surface area (TPSA) is 56.1 Å². The lowest BCUT2D eigenvalue weighted by molar-refractivity contribution is 0.0949. The zero-order valence-corrected chi connectivity index (χ0v) is 18.5. The molecule has 0 aliphatic carbocycles. The average molecular weight is 454 g/mol. The second kappa shape index (κ2) is 9.41. The molecule has 0 spiro atoms. The van der Waals surface area contributed by atoms with Crippen LogP contribution in [-0.2, 0) is 13.1 Å². The van der Waals surface area contributed by atoms with E-state index in [0.29, 0.717) is 35.3 Å². The zero-order valence-electron chi connectivity index (χ0n) is 16.9. The number of ether oxygens (including phenoxy) is 1. The number of fused-ring (bicyclic) bond motifs is 1. The fourth-order valence-electron chi connectivity index (χ4n) is 3.36. The van der Waals surface area contributed by atoms with Gasteiger partial charge in [-0.25, -0.2) is 4.98 Å². The van der Waals surface area contributed by atoms with E-state index in [2.05, 4.69) is 9.88 Å². The van der Waals surface area contributed by atoms with Crippen LogP contribution in [0.3, 0.4) is 0 Å². The Kier molecular flexibility index (Phi) is 6.44. The van der Waals surface area contributed by atoms with Crippen LogP contribution in [-0.4, -0.2) is 22.1 Å². The lowest BCUT2D eigenvalue weighted by Gasteiger charge is -2.12. The molecule has 1 heterocycles. The Morgan fingerprint density at radius 1 is 1.06 bits per heavy atom. The van der Waals surface area contributed by atoms with Crippen molar-refractivity contribution >= 4 is 40.1 Å². The van der Waals surface area contributed by atoms with E-state index in [0.717, 1.165) is 28.2 Å². The van der Waals surface area contributed by atoms with Crippen molar-refractivity contribution in [1.29, 1.82) is 0 Å². The molecule has 0 atom stereocenters. The van der Waals surface area contributed by atoms with E-state index >= 15 is 0 Å². The van der Waals surface area contributed by atoms with Crippen molar-refractivity contribution in [1.82, 2.24) is 14.9 Å². The number of nitrogens with one attached hydrogen (secondary N) is 1. The van der Waals surface area contributed by atoms with E-state index in [1.54, 1.807) is 24.3 Å². The van der Waals surface area contributed by atoms with Gasteiger partial charge in [0.1, 0.15) is 18.2 Å². The lowest BCUT2D eigenvalue weighted by atomic mass is 10.2. The van der Waals surface area contributed by atoms with Crippen molar-refractivity contribution in [3.05, 3.63) is 93.7 Å². The largest absolute Gasteiger partial charge is 0.492 e. The van der Waals surface area contributed by atoms with Crippen LogP contribution in [0.15, 0.2) is 66.7 Å². The SMILES string of the molecule is Cc1cc(OCCn2c(CNC(=O)c3cccc(Cl)c3)nc3ccccc32)ccc1Cl. The predicted octanol–water partition coefficient (Wildman–Crippen LogP) is 5.66. The number of aryl methyl sites for hydroxylation is 1. The molecule has 0 bridgehead atoms. The van der Waals surface area contributed by atoms with Gasteiger partial charge in [-0.1, -0.05) is 41.4 Å². The van der Waals surface area contributed by atoms with Crippen LogP contribution in [0, 0.1) is 6.92 Å². The van der Waals surface area contributed by atoms with Crippen LogP contribution >= 0.6 is 23.2 Å². The van der Waals surface area contributed by atoms with Gasteiger partial charge in [-0.15, -0.1) is 0 Å². The molecular weight excluding hydrogens is 433 g/mol. The Bertz CT molecular complexity index is 1240. The fraction of sp³-hybridized carbons (Fsp3) is 0.167. The number of benzene rings is 3. The van der Waals surface area contributed by atoms with Gasteiger partial charge in [0.15, 0.2) is 0 Å². The van der Waals surface area contributed by atoms with Gasteiger partial charge in [0, 0.05) is 15.6 Å². The molecule has 4 rings (SSSR count). The van der Waals surface area contributed by atoms with Crippen molar-refractivity contribution in [3.8, 4) is 5.75 Å². The maximum atomic E-state index is 12.5. The van der Waals surface area contributed by atoms with Crippen molar-refractivity contribution in [2.24, 2.45) is 0 Å². The van der Waals surface area contributed by atoms with Gasteiger partial charge in [-0.2, -0.15) is 0 Å².